The van der Waals surface area contributed by atoms with Crippen molar-refractivity contribution in [3.05, 3.63) is 0 Å². The van der Waals surface area contributed by atoms with E-state index in [0.717, 1.165) is 12.8 Å². The lowest BCUT2D eigenvalue weighted by molar-refractivity contribution is 0.0146. The summed E-state index contributed by atoms with van der Waals surface area (Å²) in [6.45, 7) is 0.166. The van der Waals surface area contributed by atoms with Crippen molar-refractivity contribution in [3.8, 4) is 0 Å². The molecular formula is C6H11BO4. The zero-order chi connectivity index (χ0) is 8.27. The first-order valence-corrected chi connectivity index (χ1v) is 3.69. The summed E-state index contributed by atoms with van der Waals surface area (Å²) in [6, 6.07) is 0.248. The maximum Gasteiger partial charge on any atom is 0.505 e. The maximum atomic E-state index is 9.96. The lowest BCUT2D eigenvalue weighted by Gasteiger charge is -2.09. The van der Waals surface area contributed by atoms with Crippen molar-refractivity contribution in [3.63, 3.8) is 0 Å². The summed E-state index contributed by atoms with van der Waals surface area (Å²) in [4.78, 5) is 9.96. The van der Waals surface area contributed by atoms with Gasteiger partial charge in [0.25, 0.3) is 0 Å². The summed E-state index contributed by atoms with van der Waals surface area (Å²) in [5.41, 5.74) is 0. The SMILES string of the molecule is B[C@H]1CC[C@@H](COC(=O)O)O1. The van der Waals surface area contributed by atoms with Gasteiger partial charge in [-0.2, -0.15) is 0 Å². The molecule has 0 aromatic carbocycles. The van der Waals surface area contributed by atoms with Gasteiger partial charge in [0.05, 0.1) is 6.10 Å². The smallest absolute Gasteiger partial charge is 0.450 e. The Hall–Kier alpha value is -0.705. The Labute approximate surface area is 65.9 Å². The summed E-state index contributed by atoms with van der Waals surface area (Å²) in [6.07, 6.45) is 0.636. The largest absolute Gasteiger partial charge is 0.505 e. The number of hydrogen-bond donors (Lipinski definition) is 1. The Balaban J connectivity index is 2.13. The molecule has 1 fully saturated rings. The Morgan fingerprint density at radius 3 is 2.91 bits per heavy atom. The molecule has 1 N–H and O–H groups in total. The lowest BCUT2D eigenvalue weighted by Crippen LogP contribution is -2.18. The van der Waals surface area contributed by atoms with Crippen molar-refractivity contribution < 1.29 is 19.4 Å². The molecule has 0 aromatic heterocycles. The molecule has 1 aliphatic heterocycles. The lowest BCUT2D eigenvalue weighted by atomic mass is 9.97. The van der Waals surface area contributed by atoms with Gasteiger partial charge in [-0.05, 0) is 12.8 Å². The molecule has 11 heavy (non-hydrogen) atoms. The molecule has 0 bridgehead atoms. The minimum Gasteiger partial charge on any atom is -0.450 e. The fourth-order valence-corrected chi connectivity index (χ4v) is 1.17. The predicted molar refractivity (Wildman–Crippen MR) is 40.4 cm³/mol. The Morgan fingerprint density at radius 1 is 1.73 bits per heavy atom. The molecule has 0 amide bonds. The van der Waals surface area contributed by atoms with Crippen molar-refractivity contribution in [1.29, 1.82) is 0 Å². The molecule has 1 heterocycles. The Kier molecular flexibility index (Phi) is 2.76. The monoisotopic (exact) mass is 158 g/mol. The van der Waals surface area contributed by atoms with E-state index in [1.165, 1.54) is 0 Å². The standard InChI is InChI=1S/C6H11BO4/c7-5-2-1-4(11-5)3-10-6(8)9/h4-5H,1-3,7H2,(H,8,9)/t4-,5+/m0/s1. The Bertz CT molecular complexity index is 150. The van der Waals surface area contributed by atoms with Gasteiger partial charge in [0, 0.05) is 6.00 Å². The van der Waals surface area contributed by atoms with Gasteiger partial charge in [0.1, 0.15) is 14.5 Å². The van der Waals surface area contributed by atoms with Crippen molar-refractivity contribution in [2.75, 3.05) is 6.61 Å². The van der Waals surface area contributed by atoms with E-state index in [9.17, 15) is 4.79 Å². The molecule has 62 valence electrons. The van der Waals surface area contributed by atoms with Crippen LogP contribution in [0.25, 0.3) is 0 Å². The van der Waals surface area contributed by atoms with Crippen LogP contribution in [0.3, 0.4) is 0 Å². The molecule has 4 nitrogen and oxygen atoms in total. The third kappa shape index (κ3) is 2.80. The molecule has 1 saturated heterocycles. The van der Waals surface area contributed by atoms with Crippen LogP contribution < -0.4 is 0 Å². The van der Waals surface area contributed by atoms with Crippen LogP contribution in [0.5, 0.6) is 0 Å². The van der Waals surface area contributed by atoms with Crippen molar-refractivity contribution >= 4 is 14.0 Å². The Morgan fingerprint density at radius 2 is 2.45 bits per heavy atom. The van der Waals surface area contributed by atoms with E-state index >= 15 is 0 Å². The normalized spacial score (nSPS) is 30.2. The fraction of sp³-hybridized carbons (Fsp3) is 0.833. The van der Waals surface area contributed by atoms with Crippen molar-refractivity contribution in [2.45, 2.75) is 24.9 Å². The second kappa shape index (κ2) is 3.62. The van der Waals surface area contributed by atoms with Crippen LogP contribution in [-0.4, -0.2) is 37.8 Å². The van der Waals surface area contributed by atoms with Gasteiger partial charge < -0.3 is 14.6 Å². The summed E-state index contributed by atoms with van der Waals surface area (Å²) >= 11 is 0. The molecule has 2 atom stereocenters. The van der Waals surface area contributed by atoms with E-state index in [2.05, 4.69) is 4.74 Å². The van der Waals surface area contributed by atoms with Gasteiger partial charge >= 0.3 is 6.16 Å². The highest BCUT2D eigenvalue weighted by molar-refractivity contribution is 6.11. The van der Waals surface area contributed by atoms with E-state index in [1.54, 1.807) is 0 Å². The second-order valence-corrected chi connectivity index (χ2v) is 2.72. The zero-order valence-corrected chi connectivity index (χ0v) is 6.45. The van der Waals surface area contributed by atoms with Crippen LogP contribution in [0, 0.1) is 0 Å². The third-order valence-electron chi connectivity index (χ3n) is 1.71. The van der Waals surface area contributed by atoms with Crippen molar-refractivity contribution in [2.24, 2.45) is 0 Å². The molecule has 0 saturated carbocycles. The van der Waals surface area contributed by atoms with E-state index in [4.69, 9.17) is 9.84 Å². The van der Waals surface area contributed by atoms with Crippen LogP contribution in [-0.2, 0) is 9.47 Å². The highest BCUT2D eigenvalue weighted by Gasteiger charge is 2.22. The number of carbonyl (C=O) groups is 1. The van der Waals surface area contributed by atoms with Gasteiger partial charge in [-0.3, -0.25) is 0 Å². The van der Waals surface area contributed by atoms with Crippen molar-refractivity contribution in [1.82, 2.24) is 0 Å². The van der Waals surface area contributed by atoms with Gasteiger partial charge in [-0.15, -0.1) is 0 Å². The van der Waals surface area contributed by atoms with Crippen LogP contribution >= 0.6 is 0 Å². The summed E-state index contributed by atoms with van der Waals surface area (Å²) < 4.78 is 9.69. The predicted octanol–water partition coefficient (Wildman–Crippen LogP) is -0.181. The molecule has 1 rings (SSSR count). The third-order valence-corrected chi connectivity index (χ3v) is 1.71. The average molecular weight is 158 g/mol. The minimum atomic E-state index is -1.23. The second-order valence-electron chi connectivity index (χ2n) is 2.72. The highest BCUT2D eigenvalue weighted by Crippen LogP contribution is 2.17. The van der Waals surface area contributed by atoms with Crippen LogP contribution in [0.15, 0.2) is 0 Å². The fourth-order valence-electron chi connectivity index (χ4n) is 1.17. The van der Waals surface area contributed by atoms with E-state index < -0.39 is 6.16 Å². The summed E-state index contributed by atoms with van der Waals surface area (Å²) in [7, 11) is 1.97. The molecular weight excluding hydrogens is 147 g/mol. The van der Waals surface area contributed by atoms with Crippen LogP contribution in [0.1, 0.15) is 12.8 Å². The van der Waals surface area contributed by atoms with E-state index in [-0.39, 0.29) is 18.7 Å². The van der Waals surface area contributed by atoms with E-state index in [1.807, 2.05) is 7.85 Å². The number of ether oxygens (including phenoxy) is 2. The molecule has 0 spiro atoms. The zero-order valence-electron chi connectivity index (χ0n) is 6.45. The highest BCUT2D eigenvalue weighted by atomic mass is 16.7. The van der Waals surface area contributed by atoms with Gasteiger partial charge in [-0.1, -0.05) is 0 Å². The number of hydrogen-bond acceptors (Lipinski definition) is 3. The van der Waals surface area contributed by atoms with Crippen LogP contribution in [0.4, 0.5) is 4.79 Å². The van der Waals surface area contributed by atoms with Gasteiger partial charge in [-0.25, -0.2) is 4.79 Å². The van der Waals surface area contributed by atoms with Crippen LogP contribution in [0.2, 0.25) is 0 Å². The number of rotatable bonds is 2. The first kappa shape index (κ1) is 8.39. The summed E-state index contributed by atoms with van der Waals surface area (Å²) in [5.74, 6) is 0. The molecule has 0 radical (unpaired) electrons. The van der Waals surface area contributed by atoms with Gasteiger partial charge in [0.15, 0.2) is 0 Å². The molecule has 0 unspecified atom stereocenters. The molecule has 0 aliphatic carbocycles. The topological polar surface area (TPSA) is 55.8 Å². The quantitative estimate of drug-likeness (QED) is 0.447. The minimum absolute atomic E-state index is 0.0268. The average Bonchev–Trinajstić information content (AvgIpc) is 2.31. The number of carboxylic acid groups (broad SMARTS) is 1. The van der Waals surface area contributed by atoms with E-state index in [0.29, 0.717) is 0 Å². The molecule has 0 aromatic rings. The maximum absolute atomic E-state index is 9.96. The molecule has 1 aliphatic rings. The first-order chi connectivity index (χ1) is 5.18. The molecule has 5 heteroatoms. The first-order valence-electron chi connectivity index (χ1n) is 3.69. The van der Waals surface area contributed by atoms with Gasteiger partial charge in [0.2, 0.25) is 0 Å². The summed E-state index contributed by atoms with van der Waals surface area (Å²) in [5, 5.41) is 8.16.